The van der Waals surface area contributed by atoms with Gasteiger partial charge in [-0.05, 0) is 74.7 Å². The van der Waals surface area contributed by atoms with Crippen LogP contribution in [0.15, 0.2) is 60.3 Å². The molecule has 0 aliphatic carbocycles. The zero-order valence-corrected chi connectivity index (χ0v) is 26.6. The van der Waals surface area contributed by atoms with Gasteiger partial charge in [-0.2, -0.15) is 0 Å². The number of thiazole rings is 1. The molecule has 1 aliphatic rings. The molecule has 4 heterocycles. The lowest BCUT2D eigenvalue weighted by Crippen LogP contribution is -2.29. The predicted octanol–water partition coefficient (Wildman–Crippen LogP) is 6.77. The number of ether oxygens (including phenoxy) is 3. The van der Waals surface area contributed by atoms with Gasteiger partial charge in [0.25, 0.3) is 5.78 Å². The van der Waals surface area contributed by atoms with Crippen LogP contribution in [0.25, 0.3) is 21.6 Å². The van der Waals surface area contributed by atoms with Gasteiger partial charge in [-0.3, -0.25) is 14.5 Å². The lowest BCUT2D eigenvalue weighted by Gasteiger charge is -2.24. The van der Waals surface area contributed by atoms with Crippen LogP contribution in [0.1, 0.15) is 55.2 Å². The van der Waals surface area contributed by atoms with E-state index in [0.717, 1.165) is 23.1 Å². The van der Waals surface area contributed by atoms with E-state index >= 15 is 0 Å². The number of imidazole rings is 1. The maximum atomic E-state index is 13.9. The number of aromatic nitrogens is 3. The van der Waals surface area contributed by atoms with Gasteiger partial charge >= 0.3 is 5.91 Å². The van der Waals surface area contributed by atoms with Crippen molar-refractivity contribution in [3.63, 3.8) is 0 Å². The molecule has 1 N–H and O–H groups in total. The maximum Gasteiger partial charge on any atom is 0.301 e. The van der Waals surface area contributed by atoms with Crippen molar-refractivity contribution in [3.8, 4) is 17.2 Å². The van der Waals surface area contributed by atoms with Crippen molar-refractivity contribution in [2.75, 3.05) is 25.2 Å². The first-order chi connectivity index (χ1) is 21.8. The molecule has 1 unspecified atom stereocenters. The number of methoxy groups -OCH3 is 1. The van der Waals surface area contributed by atoms with Crippen LogP contribution in [0.4, 0.5) is 5.13 Å². The number of ketones is 1. The van der Waals surface area contributed by atoms with E-state index in [9.17, 15) is 14.7 Å². The van der Waals surface area contributed by atoms with Gasteiger partial charge in [0.2, 0.25) is 0 Å². The molecular formula is C34H34N4O6S. The molecule has 1 fully saturated rings. The van der Waals surface area contributed by atoms with Gasteiger partial charge in [0, 0.05) is 6.20 Å². The summed E-state index contributed by atoms with van der Waals surface area (Å²) in [5.41, 5.74) is 3.54. The van der Waals surface area contributed by atoms with E-state index < -0.39 is 17.7 Å². The molecule has 1 aliphatic heterocycles. The number of amides is 1. The Morgan fingerprint density at radius 1 is 1.02 bits per heavy atom. The van der Waals surface area contributed by atoms with Crippen LogP contribution in [-0.4, -0.2) is 51.5 Å². The van der Waals surface area contributed by atoms with Gasteiger partial charge in [0.15, 0.2) is 22.4 Å². The number of carbonyl (C=O) groups is 2. The van der Waals surface area contributed by atoms with E-state index in [-0.39, 0.29) is 17.0 Å². The largest absolute Gasteiger partial charge is 0.505 e. The number of hydrogen-bond acceptors (Lipinski definition) is 9. The minimum Gasteiger partial charge on any atom is -0.505 e. The number of aliphatic hydroxyl groups excluding tert-OH is 1. The number of unbranched alkanes of at least 4 members (excludes halogenated alkanes) is 1. The van der Waals surface area contributed by atoms with Crippen LogP contribution in [0.2, 0.25) is 0 Å². The summed E-state index contributed by atoms with van der Waals surface area (Å²) >= 11 is 1.26. The molecule has 6 rings (SSSR count). The summed E-state index contributed by atoms with van der Waals surface area (Å²) < 4.78 is 20.0. The number of anilines is 1. The average molecular weight is 627 g/mol. The maximum absolute atomic E-state index is 13.9. The fraction of sp³-hybridized carbons (Fsp3) is 0.294. The first kappa shape index (κ1) is 30.1. The number of benzene rings is 2. The van der Waals surface area contributed by atoms with Crippen LogP contribution in [-0.2, 0) is 9.59 Å². The first-order valence-electron chi connectivity index (χ1n) is 14.9. The number of hydrogen-bond donors (Lipinski definition) is 1. The molecule has 1 atom stereocenters. The normalized spacial score (nSPS) is 16.2. The van der Waals surface area contributed by atoms with E-state index in [1.807, 2.05) is 49.6 Å². The summed E-state index contributed by atoms with van der Waals surface area (Å²) in [5.74, 6) is -0.301. The van der Waals surface area contributed by atoms with Crippen molar-refractivity contribution >= 4 is 49.8 Å². The van der Waals surface area contributed by atoms with Crippen molar-refractivity contribution < 1.29 is 28.9 Å². The van der Waals surface area contributed by atoms with Crippen LogP contribution >= 0.6 is 11.3 Å². The SMILES string of the molecule is CCCCOc1ccc(C2C(=C(O)c3nc4c(C)cccn4c3C)C(=O)C(=O)N2c2nc3ccc(OC)cc3s2)cc1OCC. The molecule has 1 saturated heterocycles. The molecule has 5 aromatic rings. The smallest absolute Gasteiger partial charge is 0.301 e. The van der Waals surface area contributed by atoms with Crippen LogP contribution in [0.3, 0.4) is 0 Å². The third kappa shape index (κ3) is 5.27. The summed E-state index contributed by atoms with van der Waals surface area (Å²) in [7, 11) is 1.58. The van der Waals surface area contributed by atoms with E-state index in [4.69, 9.17) is 24.2 Å². The fourth-order valence-corrected chi connectivity index (χ4v) is 6.57. The van der Waals surface area contributed by atoms with Gasteiger partial charge in [0.05, 0.1) is 47.8 Å². The Morgan fingerprint density at radius 2 is 1.84 bits per heavy atom. The number of nitrogens with zero attached hydrogens (tertiary/aromatic N) is 4. The fourth-order valence-electron chi connectivity index (χ4n) is 5.55. The minimum absolute atomic E-state index is 0.0805. The topological polar surface area (TPSA) is 115 Å². The molecular weight excluding hydrogens is 592 g/mol. The number of pyridine rings is 1. The van der Waals surface area contributed by atoms with E-state index in [1.165, 1.54) is 16.2 Å². The summed E-state index contributed by atoms with van der Waals surface area (Å²) in [6, 6.07) is 13.6. The average Bonchev–Trinajstić information content (AvgIpc) is 3.69. The highest BCUT2D eigenvalue weighted by molar-refractivity contribution is 7.22. The highest BCUT2D eigenvalue weighted by atomic mass is 32.1. The number of aryl methyl sites for hydroxylation is 2. The van der Waals surface area contributed by atoms with Gasteiger partial charge in [-0.15, -0.1) is 0 Å². The monoisotopic (exact) mass is 626 g/mol. The molecule has 2 aromatic carbocycles. The molecule has 0 spiro atoms. The van der Waals surface area contributed by atoms with Crippen LogP contribution < -0.4 is 19.1 Å². The highest BCUT2D eigenvalue weighted by Gasteiger charge is 2.49. The Hall–Kier alpha value is -4.90. The Labute approximate surface area is 264 Å². The molecule has 45 heavy (non-hydrogen) atoms. The Bertz CT molecular complexity index is 1980. The molecule has 10 nitrogen and oxygen atoms in total. The summed E-state index contributed by atoms with van der Waals surface area (Å²) in [5, 5.41) is 12.2. The number of Topliss-reactive ketones (excluding diaryl/α,β-unsaturated/α-hetero) is 1. The van der Waals surface area contributed by atoms with E-state index in [0.29, 0.717) is 58.0 Å². The van der Waals surface area contributed by atoms with Gasteiger partial charge in [-0.1, -0.05) is 36.8 Å². The molecule has 0 saturated carbocycles. The minimum atomic E-state index is -1.01. The molecule has 11 heteroatoms. The number of rotatable bonds is 10. The molecule has 0 bridgehead atoms. The summed E-state index contributed by atoms with van der Waals surface area (Å²) in [4.78, 5) is 38.6. The second-order valence-corrected chi connectivity index (χ2v) is 11.8. The number of carbonyl (C=O) groups excluding carboxylic acids is 2. The second kappa shape index (κ2) is 12.2. The van der Waals surface area contributed by atoms with Crippen molar-refractivity contribution in [2.45, 2.75) is 46.6 Å². The molecule has 232 valence electrons. The van der Waals surface area contributed by atoms with Crippen molar-refractivity contribution in [2.24, 2.45) is 0 Å². The molecule has 1 amide bonds. The van der Waals surface area contributed by atoms with Gasteiger partial charge in [0.1, 0.15) is 17.1 Å². The van der Waals surface area contributed by atoms with Crippen molar-refractivity contribution in [1.82, 2.24) is 14.4 Å². The van der Waals surface area contributed by atoms with Crippen molar-refractivity contribution in [1.29, 1.82) is 0 Å². The van der Waals surface area contributed by atoms with Gasteiger partial charge < -0.3 is 23.7 Å². The summed E-state index contributed by atoms with van der Waals surface area (Å²) in [6.07, 6.45) is 3.71. The lowest BCUT2D eigenvalue weighted by molar-refractivity contribution is -0.132. The van der Waals surface area contributed by atoms with Crippen LogP contribution in [0, 0.1) is 13.8 Å². The Balaban J connectivity index is 1.56. The molecule has 3 aromatic heterocycles. The second-order valence-electron chi connectivity index (χ2n) is 10.8. The zero-order chi connectivity index (χ0) is 31.8. The number of fused-ring (bicyclic) bond motifs is 2. The Kier molecular flexibility index (Phi) is 8.20. The van der Waals surface area contributed by atoms with Gasteiger partial charge in [-0.25, -0.2) is 9.97 Å². The highest BCUT2D eigenvalue weighted by Crippen LogP contribution is 2.46. The van der Waals surface area contributed by atoms with Crippen LogP contribution in [0.5, 0.6) is 17.2 Å². The molecule has 0 radical (unpaired) electrons. The predicted molar refractivity (Wildman–Crippen MR) is 174 cm³/mol. The lowest BCUT2D eigenvalue weighted by atomic mass is 9.96. The van der Waals surface area contributed by atoms with Crippen molar-refractivity contribution in [3.05, 3.63) is 82.8 Å². The van der Waals surface area contributed by atoms with E-state index in [1.54, 1.807) is 37.4 Å². The third-order valence-electron chi connectivity index (χ3n) is 7.88. The number of aliphatic hydroxyl groups is 1. The Morgan fingerprint density at radius 3 is 2.58 bits per heavy atom. The quantitative estimate of drug-likeness (QED) is 0.0782. The summed E-state index contributed by atoms with van der Waals surface area (Å²) in [6.45, 7) is 8.60. The van der Waals surface area contributed by atoms with E-state index in [2.05, 4.69) is 6.92 Å². The zero-order valence-electron chi connectivity index (χ0n) is 25.8. The first-order valence-corrected chi connectivity index (χ1v) is 15.7. The standard InChI is InChI=1S/C34H34N4O6S/c1-6-8-16-44-24-14-11-21(17-25(24)43-7-2)29-27(30(39)28-20(4)37-15-9-10-19(3)32(37)36-28)31(40)33(41)38(29)34-35-23-13-12-22(42-5)18-26(23)45-34/h9-15,17-18,29,39H,6-8,16H2,1-5H3. The third-order valence-corrected chi connectivity index (χ3v) is 8.90.